The van der Waals surface area contributed by atoms with Crippen LogP contribution < -0.4 is 15.4 Å². The second kappa shape index (κ2) is 15.7. The van der Waals surface area contributed by atoms with Crippen molar-refractivity contribution in [2.75, 3.05) is 12.9 Å². The van der Waals surface area contributed by atoms with E-state index in [2.05, 4.69) is 20.8 Å². The van der Waals surface area contributed by atoms with Gasteiger partial charge in [0.25, 0.3) is 0 Å². The quantitative estimate of drug-likeness (QED) is 0.224. The van der Waals surface area contributed by atoms with Crippen molar-refractivity contribution in [1.82, 2.24) is 20.8 Å². The van der Waals surface area contributed by atoms with Gasteiger partial charge in [0.2, 0.25) is 17.7 Å². The summed E-state index contributed by atoms with van der Waals surface area (Å²) in [5.74, 6) is -0.950. The summed E-state index contributed by atoms with van der Waals surface area (Å²) in [4.78, 5) is 54.9. The lowest BCUT2D eigenvalue weighted by Gasteiger charge is -2.25. The molecule has 0 saturated carbocycles. The molecule has 3 N–H and O–H groups in total. The van der Waals surface area contributed by atoms with Gasteiger partial charge in [0.15, 0.2) is 11.6 Å². The number of carboxylic acids is 1. The van der Waals surface area contributed by atoms with Crippen LogP contribution in [0.4, 0.5) is 0 Å². The number of methoxy groups -OCH3 is 1. The molecule has 2 aromatic carbocycles. The molecule has 1 aromatic heterocycles. The van der Waals surface area contributed by atoms with Crippen molar-refractivity contribution >= 4 is 35.3 Å². The Morgan fingerprint density at radius 2 is 1.79 bits per heavy atom. The van der Waals surface area contributed by atoms with Crippen LogP contribution in [0.15, 0.2) is 53.1 Å². The van der Waals surface area contributed by atoms with Crippen molar-refractivity contribution in [2.24, 2.45) is 5.92 Å². The molecule has 0 bridgehead atoms. The Hall–Kier alpha value is -4.19. The Labute approximate surface area is 248 Å². The highest BCUT2D eigenvalue weighted by Crippen LogP contribution is 2.22. The fraction of sp³-hybridized carbons (Fsp3) is 0.400. The minimum Gasteiger partial charge on any atom is -0.496 e. The summed E-state index contributed by atoms with van der Waals surface area (Å²) in [6, 6.07) is 12.7. The molecule has 3 aromatic rings. The van der Waals surface area contributed by atoms with Gasteiger partial charge in [0.1, 0.15) is 11.8 Å². The average Bonchev–Trinajstić information content (AvgIpc) is 3.35. The summed E-state index contributed by atoms with van der Waals surface area (Å²) in [6.07, 6.45) is -0.262. The van der Waals surface area contributed by atoms with E-state index < -0.39 is 42.1 Å². The number of Topliss-reactive ketones (excluding diaryl/α,β-unsaturated/α-hetero) is 1. The number of nitrogens with one attached hydrogen (secondary N) is 2. The number of ether oxygens (including phenoxy) is 1. The van der Waals surface area contributed by atoms with Crippen LogP contribution in [0.3, 0.4) is 0 Å². The summed E-state index contributed by atoms with van der Waals surface area (Å²) >= 11 is 1.34. The second-order valence-electron chi connectivity index (χ2n) is 10.1. The first-order valence-corrected chi connectivity index (χ1v) is 14.6. The van der Waals surface area contributed by atoms with Crippen molar-refractivity contribution in [3.05, 3.63) is 76.9 Å². The number of thioether (sulfide) groups is 1. The van der Waals surface area contributed by atoms with E-state index >= 15 is 0 Å². The van der Waals surface area contributed by atoms with Gasteiger partial charge in [-0.3, -0.25) is 19.2 Å². The number of hydrogen-bond acceptors (Lipinski definition) is 9. The number of ketones is 1. The largest absolute Gasteiger partial charge is 0.496 e. The normalized spacial score (nSPS) is 12.4. The molecule has 2 amide bonds. The number of benzene rings is 2. The zero-order chi connectivity index (χ0) is 30.6. The van der Waals surface area contributed by atoms with Gasteiger partial charge in [-0.1, -0.05) is 61.5 Å². The van der Waals surface area contributed by atoms with E-state index in [9.17, 15) is 24.3 Å². The predicted molar refractivity (Wildman–Crippen MR) is 157 cm³/mol. The van der Waals surface area contributed by atoms with Crippen LogP contribution in [-0.4, -0.2) is 63.8 Å². The standard InChI is InChI=1S/C30H36N4O7S/c1-18(2)29(30(39)32-23(15-28(37)38)24(35)17-42-16-20-8-6-5-7-9-20)33-26(36)14-22-12-21(10-11-25(22)40-4)13-27-31-19(3)34-41-27/h5-12,18,23,29H,13-17H2,1-4H3,(H,32,39)(H,33,36)(H,37,38). The number of carboxylic acid groups (broad SMARTS) is 1. The third-order valence-electron chi connectivity index (χ3n) is 6.33. The minimum absolute atomic E-state index is 0.0329. The third kappa shape index (κ3) is 10.0. The maximum Gasteiger partial charge on any atom is 0.305 e. The monoisotopic (exact) mass is 596 g/mol. The summed E-state index contributed by atoms with van der Waals surface area (Å²) in [5.41, 5.74) is 2.46. The van der Waals surface area contributed by atoms with Crippen LogP contribution in [0.1, 0.15) is 48.7 Å². The average molecular weight is 597 g/mol. The van der Waals surface area contributed by atoms with Gasteiger partial charge in [0.05, 0.1) is 38.2 Å². The second-order valence-corrected chi connectivity index (χ2v) is 11.1. The van der Waals surface area contributed by atoms with Crippen molar-refractivity contribution < 1.29 is 33.5 Å². The molecule has 11 nitrogen and oxygen atoms in total. The summed E-state index contributed by atoms with van der Waals surface area (Å²) in [6.45, 7) is 5.23. The van der Waals surface area contributed by atoms with Crippen LogP contribution in [0, 0.1) is 12.8 Å². The van der Waals surface area contributed by atoms with Gasteiger partial charge in [-0.15, -0.1) is 11.8 Å². The molecule has 0 aliphatic rings. The van der Waals surface area contributed by atoms with Crippen molar-refractivity contribution in [3.8, 4) is 5.75 Å². The smallest absolute Gasteiger partial charge is 0.305 e. The summed E-state index contributed by atoms with van der Waals surface area (Å²) < 4.78 is 10.6. The van der Waals surface area contributed by atoms with E-state index in [1.165, 1.54) is 18.9 Å². The minimum atomic E-state index is -1.22. The molecule has 1 heterocycles. The number of carbonyl (C=O) groups excluding carboxylic acids is 3. The van der Waals surface area contributed by atoms with Gasteiger partial charge < -0.3 is 25.0 Å². The van der Waals surface area contributed by atoms with Gasteiger partial charge in [-0.2, -0.15) is 4.98 Å². The Bertz CT molecular complexity index is 1380. The number of nitrogens with zero attached hydrogens (tertiary/aromatic N) is 2. The van der Waals surface area contributed by atoms with Crippen molar-refractivity contribution in [2.45, 2.75) is 57.9 Å². The van der Waals surface area contributed by atoms with Crippen LogP contribution >= 0.6 is 11.8 Å². The highest BCUT2D eigenvalue weighted by atomic mass is 32.2. The maximum absolute atomic E-state index is 13.2. The first-order valence-electron chi connectivity index (χ1n) is 13.5. The zero-order valence-corrected chi connectivity index (χ0v) is 24.9. The van der Waals surface area contributed by atoms with Gasteiger partial charge >= 0.3 is 5.97 Å². The lowest BCUT2D eigenvalue weighted by molar-refractivity contribution is -0.140. The zero-order valence-electron chi connectivity index (χ0n) is 24.1. The molecule has 0 saturated heterocycles. The number of hydrogen-bond donors (Lipinski definition) is 3. The molecule has 0 aliphatic heterocycles. The molecule has 0 fully saturated rings. The molecule has 12 heteroatoms. The molecule has 0 aliphatic carbocycles. The van der Waals surface area contributed by atoms with E-state index in [0.29, 0.717) is 35.2 Å². The van der Waals surface area contributed by atoms with Gasteiger partial charge in [-0.05, 0) is 30.0 Å². The number of aromatic nitrogens is 2. The van der Waals surface area contributed by atoms with Gasteiger partial charge in [0, 0.05) is 11.3 Å². The van der Waals surface area contributed by atoms with E-state index in [-0.39, 0.29) is 18.1 Å². The van der Waals surface area contributed by atoms with E-state index in [4.69, 9.17) is 9.26 Å². The number of aryl methyl sites for hydroxylation is 1. The third-order valence-corrected chi connectivity index (χ3v) is 7.35. The topological polar surface area (TPSA) is 161 Å². The van der Waals surface area contributed by atoms with Crippen molar-refractivity contribution in [3.63, 3.8) is 0 Å². The molecule has 2 unspecified atom stereocenters. The predicted octanol–water partition coefficient (Wildman–Crippen LogP) is 3.12. The van der Waals surface area contributed by atoms with Crippen molar-refractivity contribution in [1.29, 1.82) is 0 Å². The lowest BCUT2D eigenvalue weighted by atomic mass is 10.0. The molecular weight excluding hydrogens is 560 g/mol. The first-order chi connectivity index (χ1) is 20.0. The summed E-state index contributed by atoms with van der Waals surface area (Å²) in [7, 11) is 1.50. The molecule has 0 radical (unpaired) electrons. The number of rotatable bonds is 16. The Kier molecular flexibility index (Phi) is 12.1. The Morgan fingerprint density at radius 3 is 2.40 bits per heavy atom. The molecule has 3 rings (SSSR count). The SMILES string of the molecule is COc1ccc(Cc2nc(C)no2)cc1CC(=O)NC(C(=O)NC(CC(=O)O)C(=O)CSCc1ccccc1)C(C)C. The summed E-state index contributed by atoms with van der Waals surface area (Å²) in [5, 5.41) is 18.5. The molecule has 2 atom stereocenters. The number of aliphatic carboxylic acids is 1. The van der Waals surface area contributed by atoms with E-state index in [0.717, 1.165) is 11.1 Å². The fourth-order valence-corrected chi connectivity index (χ4v) is 5.16. The number of carbonyl (C=O) groups is 4. The highest BCUT2D eigenvalue weighted by Gasteiger charge is 2.30. The molecular formula is C30H36N4O7S. The Morgan fingerprint density at radius 1 is 1.05 bits per heavy atom. The first kappa shape index (κ1) is 32.3. The lowest BCUT2D eigenvalue weighted by Crippen LogP contribution is -2.54. The highest BCUT2D eigenvalue weighted by molar-refractivity contribution is 7.99. The van der Waals surface area contributed by atoms with E-state index in [1.807, 2.05) is 36.4 Å². The Balaban J connectivity index is 1.64. The van der Waals surface area contributed by atoms with Crippen LogP contribution in [0.25, 0.3) is 0 Å². The molecule has 224 valence electrons. The van der Waals surface area contributed by atoms with Gasteiger partial charge in [-0.25, -0.2) is 0 Å². The molecule has 42 heavy (non-hydrogen) atoms. The number of amides is 2. The van der Waals surface area contributed by atoms with Crippen LogP contribution in [0.5, 0.6) is 5.75 Å². The van der Waals surface area contributed by atoms with Crippen LogP contribution in [-0.2, 0) is 37.8 Å². The molecule has 0 spiro atoms. The van der Waals surface area contributed by atoms with Crippen LogP contribution in [0.2, 0.25) is 0 Å². The maximum atomic E-state index is 13.2. The fourth-order valence-electron chi connectivity index (χ4n) is 4.22. The van der Waals surface area contributed by atoms with E-state index in [1.54, 1.807) is 32.9 Å².